The molecule has 0 unspecified atom stereocenters. The van der Waals surface area contributed by atoms with Crippen LogP contribution in [0.5, 0.6) is 11.6 Å². The van der Waals surface area contributed by atoms with Crippen LogP contribution in [0.25, 0.3) is 0 Å². The highest BCUT2D eigenvalue weighted by molar-refractivity contribution is 5.96. The summed E-state index contributed by atoms with van der Waals surface area (Å²) in [6.45, 7) is 3.62. The van der Waals surface area contributed by atoms with Gasteiger partial charge in [-0.05, 0) is 37.6 Å². The second kappa shape index (κ2) is 4.97. The molecule has 2 rings (SSSR count). The molecule has 1 aromatic carbocycles. The molecule has 0 fully saturated rings. The summed E-state index contributed by atoms with van der Waals surface area (Å²) in [6.07, 6.45) is 0. The van der Waals surface area contributed by atoms with Crippen molar-refractivity contribution in [2.75, 3.05) is 5.73 Å². The number of amides is 1. The van der Waals surface area contributed by atoms with Crippen LogP contribution >= 0.6 is 0 Å². The SMILES string of the molecule is Cc1cc(C)c(C(N)=O)c(Oc2cccc(N)c2)n1. The molecule has 0 aliphatic heterocycles. The highest BCUT2D eigenvalue weighted by Crippen LogP contribution is 2.27. The Balaban J connectivity index is 2.47. The average Bonchev–Trinajstić information content (AvgIpc) is 2.26. The Labute approximate surface area is 111 Å². The summed E-state index contributed by atoms with van der Waals surface area (Å²) < 4.78 is 5.62. The summed E-state index contributed by atoms with van der Waals surface area (Å²) >= 11 is 0. The van der Waals surface area contributed by atoms with E-state index in [1.54, 1.807) is 37.3 Å². The van der Waals surface area contributed by atoms with E-state index in [-0.39, 0.29) is 11.4 Å². The van der Waals surface area contributed by atoms with Gasteiger partial charge in [0, 0.05) is 17.4 Å². The third-order valence-electron chi connectivity index (χ3n) is 2.63. The summed E-state index contributed by atoms with van der Waals surface area (Å²) in [5.74, 6) is 0.152. The van der Waals surface area contributed by atoms with Crippen LogP contribution in [-0.4, -0.2) is 10.9 Å². The maximum absolute atomic E-state index is 11.5. The van der Waals surface area contributed by atoms with Gasteiger partial charge >= 0.3 is 0 Å². The number of hydrogen-bond donors (Lipinski definition) is 2. The molecule has 1 aromatic heterocycles. The third kappa shape index (κ3) is 2.82. The summed E-state index contributed by atoms with van der Waals surface area (Å²) in [5, 5.41) is 0. The summed E-state index contributed by atoms with van der Waals surface area (Å²) in [5.41, 5.74) is 13.4. The van der Waals surface area contributed by atoms with Crippen LogP contribution in [0.1, 0.15) is 21.6 Å². The molecule has 4 N–H and O–H groups in total. The lowest BCUT2D eigenvalue weighted by Gasteiger charge is -2.11. The number of benzene rings is 1. The predicted octanol–water partition coefficient (Wildman–Crippen LogP) is 2.17. The Bertz CT molecular complexity index is 639. The maximum atomic E-state index is 11.5. The van der Waals surface area contributed by atoms with E-state index in [1.165, 1.54) is 0 Å². The molecule has 19 heavy (non-hydrogen) atoms. The molecule has 0 saturated heterocycles. The number of anilines is 1. The summed E-state index contributed by atoms with van der Waals surface area (Å²) in [7, 11) is 0. The van der Waals surface area contributed by atoms with Crippen LogP contribution in [0, 0.1) is 13.8 Å². The van der Waals surface area contributed by atoms with Crippen molar-refractivity contribution in [1.82, 2.24) is 4.98 Å². The van der Waals surface area contributed by atoms with Gasteiger partial charge in [0.25, 0.3) is 5.91 Å². The predicted molar refractivity (Wildman–Crippen MR) is 73.2 cm³/mol. The first-order valence-corrected chi connectivity index (χ1v) is 5.79. The molecule has 0 radical (unpaired) electrons. The average molecular weight is 257 g/mol. The van der Waals surface area contributed by atoms with Gasteiger partial charge in [-0.1, -0.05) is 6.07 Å². The summed E-state index contributed by atoms with van der Waals surface area (Å²) in [6, 6.07) is 8.69. The molecular weight excluding hydrogens is 242 g/mol. The van der Waals surface area contributed by atoms with Crippen molar-refractivity contribution < 1.29 is 9.53 Å². The van der Waals surface area contributed by atoms with Crippen molar-refractivity contribution in [2.24, 2.45) is 5.73 Å². The van der Waals surface area contributed by atoms with Crippen molar-refractivity contribution in [3.05, 3.63) is 47.2 Å². The van der Waals surface area contributed by atoms with Gasteiger partial charge in [0.05, 0.1) is 0 Å². The Hall–Kier alpha value is -2.56. The minimum atomic E-state index is -0.566. The van der Waals surface area contributed by atoms with E-state index in [9.17, 15) is 4.79 Å². The van der Waals surface area contributed by atoms with E-state index in [1.807, 2.05) is 6.92 Å². The zero-order valence-corrected chi connectivity index (χ0v) is 10.8. The minimum absolute atomic E-state index is 0.204. The smallest absolute Gasteiger partial charge is 0.254 e. The largest absolute Gasteiger partial charge is 0.438 e. The van der Waals surface area contributed by atoms with Crippen LogP contribution in [0.2, 0.25) is 0 Å². The van der Waals surface area contributed by atoms with Gasteiger partial charge in [-0.15, -0.1) is 0 Å². The summed E-state index contributed by atoms with van der Waals surface area (Å²) in [4.78, 5) is 15.7. The molecule has 5 nitrogen and oxygen atoms in total. The topological polar surface area (TPSA) is 91.2 Å². The fourth-order valence-electron chi connectivity index (χ4n) is 1.87. The quantitative estimate of drug-likeness (QED) is 0.824. The first-order chi connectivity index (χ1) is 8.97. The van der Waals surface area contributed by atoms with E-state index < -0.39 is 5.91 Å². The molecule has 0 aliphatic carbocycles. The number of carbonyl (C=O) groups excluding carboxylic acids is 1. The van der Waals surface area contributed by atoms with Crippen molar-refractivity contribution in [3.8, 4) is 11.6 Å². The van der Waals surface area contributed by atoms with Gasteiger partial charge < -0.3 is 16.2 Å². The number of nitrogen functional groups attached to an aromatic ring is 1. The lowest BCUT2D eigenvalue weighted by molar-refractivity contribution is 0.0997. The fraction of sp³-hybridized carbons (Fsp3) is 0.143. The van der Waals surface area contributed by atoms with E-state index >= 15 is 0 Å². The molecule has 0 saturated carbocycles. The number of carbonyl (C=O) groups is 1. The van der Waals surface area contributed by atoms with Crippen molar-refractivity contribution in [1.29, 1.82) is 0 Å². The molecule has 0 bridgehead atoms. The van der Waals surface area contributed by atoms with Gasteiger partial charge in [-0.25, -0.2) is 4.98 Å². The van der Waals surface area contributed by atoms with Crippen LogP contribution in [0.3, 0.4) is 0 Å². The number of hydrogen-bond acceptors (Lipinski definition) is 4. The highest BCUT2D eigenvalue weighted by atomic mass is 16.5. The van der Waals surface area contributed by atoms with E-state index in [4.69, 9.17) is 16.2 Å². The normalized spacial score (nSPS) is 10.2. The molecule has 0 aliphatic rings. The molecular formula is C14H15N3O2. The molecule has 2 aromatic rings. The highest BCUT2D eigenvalue weighted by Gasteiger charge is 2.16. The van der Waals surface area contributed by atoms with Gasteiger partial charge in [0.2, 0.25) is 5.88 Å². The lowest BCUT2D eigenvalue weighted by atomic mass is 10.1. The van der Waals surface area contributed by atoms with Crippen LogP contribution < -0.4 is 16.2 Å². The molecule has 0 atom stereocenters. The molecule has 0 spiro atoms. The number of nitrogens with zero attached hydrogens (tertiary/aromatic N) is 1. The van der Waals surface area contributed by atoms with Crippen molar-refractivity contribution in [2.45, 2.75) is 13.8 Å². The van der Waals surface area contributed by atoms with E-state index in [0.717, 1.165) is 11.3 Å². The van der Waals surface area contributed by atoms with Gasteiger partial charge in [-0.2, -0.15) is 0 Å². The Kier molecular flexibility index (Phi) is 3.37. The minimum Gasteiger partial charge on any atom is -0.438 e. The zero-order chi connectivity index (χ0) is 14.0. The van der Waals surface area contributed by atoms with Gasteiger partial charge in [0.1, 0.15) is 11.3 Å². The fourth-order valence-corrected chi connectivity index (χ4v) is 1.87. The number of pyridine rings is 1. The first kappa shape index (κ1) is 12.9. The van der Waals surface area contributed by atoms with Crippen LogP contribution in [0.4, 0.5) is 5.69 Å². The van der Waals surface area contributed by atoms with Crippen molar-refractivity contribution in [3.63, 3.8) is 0 Å². The number of ether oxygens (including phenoxy) is 1. The van der Waals surface area contributed by atoms with Crippen LogP contribution in [0.15, 0.2) is 30.3 Å². The molecule has 5 heteroatoms. The van der Waals surface area contributed by atoms with Crippen LogP contribution in [-0.2, 0) is 0 Å². The number of aryl methyl sites for hydroxylation is 2. The van der Waals surface area contributed by atoms with E-state index in [0.29, 0.717) is 11.4 Å². The number of nitrogens with two attached hydrogens (primary N) is 2. The van der Waals surface area contributed by atoms with E-state index in [2.05, 4.69) is 4.98 Å². The number of aromatic nitrogens is 1. The molecule has 98 valence electrons. The van der Waals surface area contributed by atoms with Crippen molar-refractivity contribution >= 4 is 11.6 Å². The zero-order valence-electron chi connectivity index (χ0n) is 10.8. The monoisotopic (exact) mass is 257 g/mol. The Morgan fingerprint density at radius 2 is 2.00 bits per heavy atom. The second-order valence-electron chi connectivity index (χ2n) is 4.30. The van der Waals surface area contributed by atoms with Gasteiger partial charge in [0.15, 0.2) is 0 Å². The standard InChI is InChI=1S/C14H15N3O2/c1-8-6-9(2)17-14(12(8)13(16)18)19-11-5-3-4-10(15)7-11/h3-7H,15H2,1-2H3,(H2,16,18). The first-order valence-electron chi connectivity index (χ1n) is 5.79. The molecule has 1 amide bonds. The molecule has 1 heterocycles. The Morgan fingerprint density at radius 1 is 1.26 bits per heavy atom. The number of primary amides is 1. The number of rotatable bonds is 3. The third-order valence-corrected chi connectivity index (χ3v) is 2.63. The Morgan fingerprint density at radius 3 is 2.63 bits per heavy atom. The van der Waals surface area contributed by atoms with Gasteiger partial charge in [-0.3, -0.25) is 4.79 Å². The lowest BCUT2D eigenvalue weighted by Crippen LogP contribution is -2.15. The second-order valence-corrected chi connectivity index (χ2v) is 4.30. The maximum Gasteiger partial charge on any atom is 0.254 e.